The molecule has 1 aliphatic rings. The number of thiazole rings is 1. The van der Waals surface area contributed by atoms with Crippen LogP contribution < -0.4 is 20.7 Å². The minimum absolute atomic E-state index is 0.0461. The second-order valence-corrected chi connectivity index (χ2v) is 9.55. The first-order valence-electron chi connectivity index (χ1n) is 10.4. The number of nitrogens with one attached hydrogen (secondary N) is 1. The van der Waals surface area contributed by atoms with Crippen molar-refractivity contribution in [2.45, 2.75) is 25.9 Å². The lowest BCUT2D eigenvalue weighted by Gasteiger charge is -2.42. The van der Waals surface area contributed by atoms with Crippen LogP contribution in [0.15, 0.2) is 18.2 Å². The van der Waals surface area contributed by atoms with Crippen molar-refractivity contribution in [2.75, 3.05) is 30.8 Å². The van der Waals surface area contributed by atoms with Gasteiger partial charge in [-0.3, -0.25) is 0 Å². The summed E-state index contributed by atoms with van der Waals surface area (Å²) in [5, 5.41) is 4.05. The number of rotatable bonds is 5. The first-order valence-corrected chi connectivity index (χ1v) is 11.6. The number of ether oxygens (including phenoxy) is 1. The highest BCUT2D eigenvalue weighted by Gasteiger charge is 2.31. The van der Waals surface area contributed by atoms with Crippen molar-refractivity contribution in [3.63, 3.8) is 0 Å². The maximum absolute atomic E-state index is 16.1. The zero-order chi connectivity index (χ0) is 23.4. The van der Waals surface area contributed by atoms with Crippen LogP contribution in [0.2, 0.25) is 5.02 Å². The Morgan fingerprint density at radius 3 is 2.61 bits per heavy atom. The van der Waals surface area contributed by atoms with E-state index >= 15 is 4.39 Å². The molecule has 2 aromatic carbocycles. The lowest BCUT2D eigenvalue weighted by molar-refractivity contribution is 0.372. The van der Waals surface area contributed by atoms with Gasteiger partial charge in [-0.15, -0.1) is 0 Å². The minimum Gasteiger partial charge on any atom is -0.467 e. The first-order chi connectivity index (χ1) is 15.8. The molecule has 33 heavy (non-hydrogen) atoms. The average molecular weight is 491 g/mol. The Kier molecular flexibility index (Phi) is 5.46. The zero-order valence-corrected chi connectivity index (χ0v) is 19.7. The van der Waals surface area contributed by atoms with Crippen LogP contribution >= 0.6 is 22.9 Å². The molecular formula is C22H21ClF2N6OS. The Hall–Kier alpha value is -2.82. The second kappa shape index (κ2) is 8.19. The molecule has 0 unspecified atom stereocenters. The van der Waals surface area contributed by atoms with Gasteiger partial charge in [0.05, 0.1) is 28.4 Å². The molecule has 5 rings (SSSR count). The van der Waals surface area contributed by atoms with Crippen LogP contribution in [0.1, 0.15) is 13.8 Å². The Morgan fingerprint density at radius 1 is 1.21 bits per heavy atom. The molecular weight excluding hydrogens is 470 g/mol. The van der Waals surface area contributed by atoms with E-state index in [1.807, 2.05) is 13.8 Å². The van der Waals surface area contributed by atoms with E-state index in [1.54, 1.807) is 6.07 Å². The standard InChI is InChI=1S/C22H21ClF2N6OS/c1-9(2)31(10-7-27-8-10)20-12-6-13(23)15(16(25)17(12)29-22(30-20)32-3)11-4-5-14(24)19-18(11)28-21(26)33-19/h4-6,9-10,27H,7-8H2,1-3H3,(H2,26,28). The van der Waals surface area contributed by atoms with Crippen LogP contribution in [0.4, 0.5) is 19.7 Å². The molecule has 3 heterocycles. The molecule has 1 aliphatic heterocycles. The third-order valence-corrected chi connectivity index (χ3v) is 6.95. The van der Waals surface area contributed by atoms with Gasteiger partial charge in [0.25, 0.3) is 0 Å². The fourth-order valence-corrected chi connectivity index (χ4v) is 5.26. The Balaban J connectivity index is 1.80. The Bertz CT molecular complexity index is 1390. The molecule has 0 aliphatic carbocycles. The van der Waals surface area contributed by atoms with Gasteiger partial charge in [0.1, 0.15) is 17.2 Å². The number of anilines is 2. The molecule has 4 aromatic rings. The van der Waals surface area contributed by atoms with E-state index in [9.17, 15) is 4.39 Å². The highest BCUT2D eigenvalue weighted by Crippen LogP contribution is 2.43. The average Bonchev–Trinajstić information content (AvgIpc) is 3.14. The van der Waals surface area contributed by atoms with Crippen LogP contribution in [-0.2, 0) is 0 Å². The lowest BCUT2D eigenvalue weighted by Crippen LogP contribution is -2.59. The predicted molar refractivity (Wildman–Crippen MR) is 128 cm³/mol. The van der Waals surface area contributed by atoms with Crippen LogP contribution in [0.25, 0.3) is 32.2 Å². The van der Waals surface area contributed by atoms with Gasteiger partial charge < -0.3 is 20.7 Å². The van der Waals surface area contributed by atoms with Gasteiger partial charge >= 0.3 is 6.01 Å². The third-order valence-electron chi connectivity index (χ3n) is 5.76. The van der Waals surface area contributed by atoms with Crippen molar-refractivity contribution in [2.24, 2.45) is 0 Å². The molecule has 0 bridgehead atoms. The molecule has 0 amide bonds. The molecule has 0 spiro atoms. The summed E-state index contributed by atoms with van der Waals surface area (Å²) in [7, 11) is 1.44. The van der Waals surface area contributed by atoms with Crippen molar-refractivity contribution in [1.82, 2.24) is 20.3 Å². The number of fused-ring (bicyclic) bond motifs is 2. The molecule has 2 aromatic heterocycles. The number of nitrogens with two attached hydrogens (primary N) is 1. The third kappa shape index (κ3) is 3.53. The van der Waals surface area contributed by atoms with E-state index in [1.165, 1.54) is 19.2 Å². The summed E-state index contributed by atoms with van der Waals surface area (Å²) in [6, 6.07) is 4.69. The summed E-state index contributed by atoms with van der Waals surface area (Å²) in [5.74, 6) is -0.588. The van der Waals surface area contributed by atoms with Crippen molar-refractivity contribution in [1.29, 1.82) is 0 Å². The van der Waals surface area contributed by atoms with Gasteiger partial charge in [0, 0.05) is 35.6 Å². The SMILES string of the molecule is COc1nc(N(C(C)C)C2CNC2)c2cc(Cl)c(-c3ccc(F)c4sc(N)nc34)c(F)c2n1. The van der Waals surface area contributed by atoms with Gasteiger partial charge in [-0.25, -0.2) is 13.8 Å². The summed E-state index contributed by atoms with van der Waals surface area (Å²) >= 11 is 7.64. The van der Waals surface area contributed by atoms with Crippen LogP contribution in [-0.4, -0.2) is 47.2 Å². The second-order valence-electron chi connectivity index (χ2n) is 8.12. The summed E-state index contributed by atoms with van der Waals surface area (Å²) in [6.07, 6.45) is 0. The summed E-state index contributed by atoms with van der Waals surface area (Å²) in [5.41, 5.74) is 6.54. The van der Waals surface area contributed by atoms with E-state index in [0.717, 1.165) is 24.4 Å². The minimum atomic E-state index is -0.658. The quantitative estimate of drug-likeness (QED) is 0.422. The van der Waals surface area contributed by atoms with Crippen molar-refractivity contribution in [3.05, 3.63) is 34.9 Å². The number of halogens is 3. The van der Waals surface area contributed by atoms with Gasteiger partial charge in [-0.05, 0) is 32.0 Å². The van der Waals surface area contributed by atoms with Gasteiger partial charge in [-0.2, -0.15) is 9.97 Å². The molecule has 3 N–H and O–H groups in total. The maximum atomic E-state index is 16.1. The zero-order valence-electron chi connectivity index (χ0n) is 18.1. The molecule has 7 nitrogen and oxygen atoms in total. The number of hydrogen-bond acceptors (Lipinski definition) is 8. The normalized spacial score (nSPS) is 14.3. The highest BCUT2D eigenvalue weighted by atomic mass is 35.5. The van der Waals surface area contributed by atoms with Crippen LogP contribution in [0.3, 0.4) is 0 Å². The van der Waals surface area contributed by atoms with Crippen molar-refractivity contribution in [3.8, 4) is 17.1 Å². The first kappa shape index (κ1) is 22.0. The fourth-order valence-electron chi connectivity index (χ4n) is 4.20. The highest BCUT2D eigenvalue weighted by molar-refractivity contribution is 7.22. The molecule has 1 saturated heterocycles. The van der Waals surface area contributed by atoms with Crippen molar-refractivity contribution < 1.29 is 13.5 Å². The van der Waals surface area contributed by atoms with E-state index in [2.05, 4.69) is 25.2 Å². The smallest absolute Gasteiger partial charge is 0.318 e. The molecule has 0 atom stereocenters. The lowest BCUT2D eigenvalue weighted by atomic mass is 10.0. The van der Waals surface area contributed by atoms with E-state index < -0.39 is 11.6 Å². The topological polar surface area (TPSA) is 89.2 Å². The van der Waals surface area contributed by atoms with Crippen molar-refractivity contribution >= 4 is 55.0 Å². The molecule has 172 valence electrons. The van der Waals surface area contributed by atoms with E-state index in [4.69, 9.17) is 22.1 Å². The number of hydrogen-bond donors (Lipinski definition) is 2. The van der Waals surface area contributed by atoms with Crippen LogP contribution in [0.5, 0.6) is 6.01 Å². The Morgan fingerprint density at radius 2 is 1.97 bits per heavy atom. The molecule has 0 saturated carbocycles. The molecule has 1 fully saturated rings. The Labute approximate surface area is 197 Å². The van der Waals surface area contributed by atoms with E-state index in [-0.39, 0.29) is 49.5 Å². The maximum Gasteiger partial charge on any atom is 0.318 e. The number of aromatic nitrogens is 3. The summed E-state index contributed by atoms with van der Waals surface area (Å²) < 4.78 is 36.0. The van der Waals surface area contributed by atoms with E-state index in [0.29, 0.717) is 16.8 Å². The number of nitrogen functional groups attached to an aromatic ring is 1. The molecule has 11 heteroatoms. The predicted octanol–water partition coefficient (Wildman–Crippen LogP) is 4.62. The number of nitrogens with zero attached hydrogens (tertiary/aromatic N) is 4. The summed E-state index contributed by atoms with van der Waals surface area (Å²) in [6.45, 7) is 5.68. The van der Waals surface area contributed by atoms with Gasteiger partial charge in [0.15, 0.2) is 10.9 Å². The number of benzene rings is 2. The van der Waals surface area contributed by atoms with Gasteiger partial charge in [-0.1, -0.05) is 22.9 Å². The van der Waals surface area contributed by atoms with Crippen LogP contribution in [0, 0.1) is 11.6 Å². The largest absolute Gasteiger partial charge is 0.467 e. The van der Waals surface area contributed by atoms with Gasteiger partial charge in [0.2, 0.25) is 0 Å². The fraction of sp³-hybridized carbons (Fsp3) is 0.318. The monoisotopic (exact) mass is 490 g/mol. The molecule has 0 radical (unpaired) electrons. The summed E-state index contributed by atoms with van der Waals surface area (Å²) in [4.78, 5) is 15.2. The number of methoxy groups -OCH3 is 1.